The number of carbonyl (C=O) groups is 1. The third kappa shape index (κ3) is 5.57. The van der Waals surface area contributed by atoms with Gasteiger partial charge in [-0.15, -0.1) is 0 Å². The first kappa shape index (κ1) is 17.1. The lowest BCUT2D eigenvalue weighted by Gasteiger charge is -2.21. The molecule has 0 aliphatic carbocycles. The van der Waals surface area contributed by atoms with Crippen LogP contribution < -0.4 is 15.4 Å². The number of hydrogen-bond donors (Lipinski definition) is 2. The molecule has 2 N–H and O–H groups in total. The molecular formula is C14H20Cl2N2O2. The van der Waals surface area contributed by atoms with Crippen LogP contribution in [0.25, 0.3) is 0 Å². The van der Waals surface area contributed by atoms with Crippen molar-refractivity contribution in [2.45, 2.75) is 32.9 Å². The van der Waals surface area contributed by atoms with Gasteiger partial charge in [0.25, 0.3) is 5.91 Å². The van der Waals surface area contributed by atoms with Gasteiger partial charge in [0.2, 0.25) is 0 Å². The molecule has 0 radical (unpaired) electrons. The zero-order valence-electron chi connectivity index (χ0n) is 12.1. The Morgan fingerprint density at radius 1 is 1.30 bits per heavy atom. The minimum Gasteiger partial charge on any atom is -0.482 e. The summed E-state index contributed by atoms with van der Waals surface area (Å²) >= 11 is 12.1. The first-order valence-corrected chi connectivity index (χ1v) is 7.05. The Morgan fingerprint density at radius 2 is 1.95 bits per heavy atom. The van der Waals surface area contributed by atoms with E-state index in [1.807, 2.05) is 27.8 Å². The number of ether oxygens (including phenoxy) is 1. The molecule has 0 atom stereocenters. The topological polar surface area (TPSA) is 50.4 Å². The van der Waals surface area contributed by atoms with E-state index in [1.54, 1.807) is 12.1 Å². The summed E-state index contributed by atoms with van der Waals surface area (Å²) < 4.78 is 5.54. The zero-order valence-corrected chi connectivity index (χ0v) is 13.7. The Labute approximate surface area is 129 Å². The summed E-state index contributed by atoms with van der Waals surface area (Å²) in [7, 11) is 1.81. The lowest BCUT2D eigenvalue weighted by atomic mass is 10.1. The second-order valence-corrected chi connectivity index (χ2v) is 6.34. The molecule has 1 aromatic rings. The molecule has 1 amide bonds. The normalized spacial score (nSPS) is 11.3. The van der Waals surface area contributed by atoms with E-state index in [0.29, 0.717) is 22.3 Å². The second kappa shape index (κ2) is 7.16. The van der Waals surface area contributed by atoms with E-state index in [-0.39, 0.29) is 18.1 Å². The van der Waals surface area contributed by atoms with Gasteiger partial charge in [0.15, 0.2) is 6.61 Å². The van der Waals surface area contributed by atoms with Gasteiger partial charge in [0, 0.05) is 22.7 Å². The van der Waals surface area contributed by atoms with Crippen LogP contribution in [0.1, 0.15) is 26.3 Å². The van der Waals surface area contributed by atoms with Crippen LogP contribution in [-0.4, -0.2) is 25.1 Å². The molecule has 1 aromatic carbocycles. The molecule has 0 aromatic heterocycles. The number of carbonyl (C=O) groups excluding carboxylic acids is 1. The van der Waals surface area contributed by atoms with Gasteiger partial charge in [0.05, 0.1) is 5.02 Å². The van der Waals surface area contributed by atoms with Crippen molar-refractivity contribution in [3.8, 4) is 5.75 Å². The van der Waals surface area contributed by atoms with Crippen molar-refractivity contribution in [1.82, 2.24) is 10.6 Å². The molecule has 0 saturated heterocycles. The van der Waals surface area contributed by atoms with Crippen molar-refractivity contribution in [3.05, 3.63) is 27.7 Å². The summed E-state index contributed by atoms with van der Waals surface area (Å²) in [6.07, 6.45) is 0. The molecule has 1 rings (SSSR count). The third-order valence-electron chi connectivity index (χ3n) is 2.31. The van der Waals surface area contributed by atoms with Gasteiger partial charge in [-0.3, -0.25) is 4.79 Å². The predicted molar refractivity (Wildman–Crippen MR) is 82.6 cm³/mol. The Morgan fingerprint density at radius 3 is 2.50 bits per heavy atom. The summed E-state index contributed by atoms with van der Waals surface area (Å²) in [5.74, 6) is 0.286. The van der Waals surface area contributed by atoms with Crippen LogP contribution in [-0.2, 0) is 11.3 Å². The van der Waals surface area contributed by atoms with Gasteiger partial charge in [-0.2, -0.15) is 0 Å². The van der Waals surface area contributed by atoms with Crippen molar-refractivity contribution >= 4 is 29.1 Å². The number of rotatable bonds is 5. The molecule has 0 unspecified atom stereocenters. The zero-order chi connectivity index (χ0) is 15.3. The van der Waals surface area contributed by atoms with Gasteiger partial charge < -0.3 is 15.4 Å². The molecule has 0 aliphatic rings. The second-order valence-electron chi connectivity index (χ2n) is 5.49. The van der Waals surface area contributed by atoms with Crippen LogP contribution in [0, 0.1) is 0 Å². The summed E-state index contributed by atoms with van der Waals surface area (Å²) in [6.45, 7) is 6.19. The number of nitrogens with one attached hydrogen (secondary N) is 2. The lowest BCUT2D eigenvalue weighted by Crippen LogP contribution is -2.43. The van der Waals surface area contributed by atoms with E-state index in [4.69, 9.17) is 27.9 Å². The van der Waals surface area contributed by atoms with Crippen molar-refractivity contribution in [2.75, 3.05) is 13.7 Å². The van der Waals surface area contributed by atoms with E-state index in [1.165, 1.54) is 0 Å². The monoisotopic (exact) mass is 318 g/mol. The third-order valence-corrected chi connectivity index (χ3v) is 2.81. The Hall–Kier alpha value is -0.970. The summed E-state index contributed by atoms with van der Waals surface area (Å²) in [5, 5.41) is 6.76. The fourth-order valence-electron chi connectivity index (χ4n) is 1.69. The molecule has 6 heteroatoms. The molecule has 0 heterocycles. The Balaban J connectivity index is 2.79. The SMILES string of the molecule is CNCc1cc(Cl)cc(Cl)c1OCC(=O)NC(C)(C)C. The molecule has 0 spiro atoms. The Kier molecular flexibility index (Phi) is 6.11. The van der Waals surface area contributed by atoms with Crippen LogP contribution >= 0.6 is 23.2 Å². The van der Waals surface area contributed by atoms with Crippen molar-refractivity contribution in [3.63, 3.8) is 0 Å². The largest absolute Gasteiger partial charge is 0.482 e. The van der Waals surface area contributed by atoms with E-state index < -0.39 is 0 Å². The van der Waals surface area contributed by atoms with Crippen LogP contribution in [0.4, 0.5) is 0 Å². The minimum absolute atomic E-state index is 0.0880. The molecule has 0 saturated carbocycles. The fourth-order valence-corrected chi connectivity index (χ4v) is 2.28. The number of hydrogen-bond acceptors (Lipinski definition) is 3. The van der Waals surface area contributed by atoms with E-state index in [9.17, 15) is 4.79 Å². The van der Waals surface area contributed by atoms with Crippen LogP contribution in [0.2, 0.25) is 10.0 Å². The van der Waals surface area contributed by atoms with Gasteiger partial charge in [-0.25, -0.2) is 0 Å². The minimum atomic E-state index is -0.294. The van der Waals surface area contributed by atoms with Crippen molar-refractivity contribution in [2.24, 2.45) is 0 Å². The molecular weight excluding hydrogens is 299 g/mol. The Bertz CT molecular complexity index is 485. The first-order chi connectivity index (χ1) is 9.23. The van der Waals surface area contributed by atoms with E-state index in [2.05, 4.69) is 10.6 Å². The molecule has 112 valence electrons. The van der Waals surface area contributed by atoms with Gasteiger partial charge in [0.1, 0.15) is 5.75 Å². The maximum Gasteiger partial charge on any atom is 0.258 e. The van der Waals surface area contributed by atoms with Crippen LogP contribution in [0.3, 0.4) is 0 Å². The maximum atomic E-state index is 11.8. The fraction of sp³-hybridized carbons (Fsp3) is 0.500. The number of benzene rings is 1. The number of halogens is 2. The van der Waals surface area contributed by atoms with Crippen molar-refractivity contribution < 1.29 is 9.53 Å². The van der Waals surface area contributed by atoms with Crippen LogP contribution in [0.5, 0.6) is 5.75 Å². The van der Waals surface area contributed by atoms with E-state index >= 15 is 0 Å². The molecule has 0 aliphatic heterocycles. The molecule has 0 bridgehead atoms. The number of amides is 1. The average Bonchev–Trinajstić information content (AvgIpc) is 2.25. The summed E-state index contributed by atoms with van der Waals surface area (Å²) in [6, 6.07) is 3.36. The molecule has 20 heavy (non-hydrogen) atoms. The highest BCUT2D eigenvalue weighted by atomic mass is 35.5. The maximum absolute atomic E-state index is 11.8. The van der Waals surface area contributed by atoms with Crippen molar-refractivity contribution in [1.29, 1.82) is 0 Å². The highest BCUT2D eigenvalue weighted by molar-refractivity contribution is 6.35. The summed E-state index contributed by atoms with van der Waals surface area (Å²) in [5.41, 5.74) is 0.520. The van der Waals surface area contributed by atoms with Crippen LogP contribution in [0.15, 0.2) is 12.1 Å². The quantitative estimate of drug-likeness (QED) is 0.877. The van der Waals surface area contributed by atoms with Gasteiger partial charge in [-0.05, 0) is 40.0 Å². The lowest BCUT2D eigenvalue weighted by molar-refractivity contribution is -0.124. The van der Waals surface area contributed by atoms with E-state index in [0.717, 1.165) is 5.56 Å². The average molecular weight is 319 g/mol. The highest BCUT2D eigenvalue weighted by Crippen LogP contribution is 2.32. The standard InChI is InChI=1S/C14H20Cl2N2O2/c1-14(2,3)18-12(19)8-20-13-9(7-17-4)5-10(15)6-11(13)16/h5-6,17H,7-8H2,1-4H3,(H,18,19). The molecule has 0 fully saturated rings. The molecule has 4 nitrogen and oxygen atoms in total. The van der Waals surface area contributed by atoms with Gasteiger partial charge >= 0.3 is 0 Å². The smallest absolute Gasteiger partial charge is 0.258 e. The summed E-state index contributed by atoms with van der Waals surface area (Å²) in [4.78, 5) is 11.8. The highest BCUT2D eigenvalue weighted by Gasteiger charge is 2.16. The van der Waals surface area contributed by atoms with Gasteiger partial charge in [-0.1, -0.05) is 23.2 Å². The predicted octanol–water partition coefficient (Wildman–Crippen LogP) is 3.01. The first-order valence-electron chi connectivity index (χ1n) is 6.29.